The number of aryl methyl sites for hydroxylation is 2. The van der Waals surface area contributed by atoms with Crippen molar-refractivity contribution in [3.05, 3.63) is 83.2 Å². The van der Waals surface area contributed by atoms with Crippen LogP contribution in [0.1, 0.15) is 27.0 Å². The molecule has 2 aromatic carbocycles. The minimum Gasteiger partial charge on any atom is -0.507 e. The van der Waals surface area contributed by atoms with E-state index in [-0.39, 0.29) is 11.7 Å². The highest BCUT2D eigenvalue weighted by atomic mass is 16.3. The molecule has 0 atom stereocenters. The third kappa shape index (κ3) is 3.61. The molecule has 0 aliphatic heterocycles. The van der Waals surface area contributed by atoms with Crippen LogP contribution in [0, 0.1) is 13.8 Å². The van der Waals surface area contributed by atoms with E-state index in [0.29, 0.717) is 5.56 Å². The summed E-state index contributed by atoms with van der Waals surface area (Å²) in [6.45, 7) is 3.65. The van der Waals surface area contributed by atoms with E-state index in [0.717, 1.165) is 22.4 Å². The van der Waals surface area contributed by atoms with Crippen LogP contribution >= 0.6 is 0 Å². The molecule has 5 heteroatoms. The standard InChI is InChI=1S/C20H19N3O2/c1-14-11-16(12-15(2)19(14)24)13-21-22-20(25)17-7-3-4-8-18(17)23-9-5-6-10-23/h3-13,24H,1-2H3,(H,22,25)/b21-13+. The molecule has 0 bridgehead atoms. The van der Waals surface area contributed by atoms with Gasteiger partial charge in [-0.3, -0.25) is 4.79 Å². The minimum atomic E-state index is -0.284. The van der Waals surface area contributed by atoms with Gasteiger partial charge >= 0.3 is 0 Å². The number of rotatable bonds is 4. The van der Waals surface area contributed by atoms with Crippen LogP contribution in [-0.4, -0.2) is 21.8 Å². The van der Waals surface area contributed by atoms with E-state index in [1.54, 1.807) is 12.3 Å². The largest absolute Gasteiger partial charge is 0.507 e. The first-order valence-corrected chi connectivity index (χ1v) is 7.92. The van der Waals surface area contributed by atoms with Gasteiger partial charge in [0.25, 0.3) is 5.91 Å². The first-order valence-electron chi connectivity index (χ1n) is 7.92. The molecule has 0 fully saturated rings. The smallest absolute Gasteiger partial charge is 0.273 e. The van der Waals surface area contributed by atoms with Crippen LogP contribution in [0.3, 0.4) is 0 Å². The molecule has 3 aromatic rings. The number of hydrazone groups is 1. The summed E-state index contributed by atoms with van der Waals surface area (Å²) in [4.78, 5) is 12.5. The second kappa shape index (κ2) is 7.05. The van der Waals surface area contributed by atoms with E-state index in [9.17, 15) is 9.90 Å². The van der Waals surface area contributed by atoms with Gasteiger partial charge in [0.2, 0.25) is 0 Å². The Kier molecular flexibility index (Phi) is 4.66. The second-order valence-electron chi connectivity index (χ2n) is 5.81. The molecule has 1 heterocycles. The van der Waals surface area contributed by atoms with Gasteiger partial charge in [-0.15, -0.1) is 0 Å². The first-order chi connectivity index (χ1) is 12.1. The predicted octanol–water partition coefficient (Wildman–Crippen LogP) is 3.56. The molecule has 3 rings (SSSR count). The van der Waals surface area contributed by atoms with Crippen LogP contribution in [0.2, 0.25) is 0 Å². The molecule has 126 valence electrons. The number of benzene rings is 2. The Morgan fingerprint density at radius 3 is 2.40 bits per heavy atom. The normalized spacial score (nSPS) is 11.0. The Labute approximate surface area is 146 Å². The number of para-hydroxylation sites is 1. The lowest BCUT2D eigenvalue weighted by molar-refractivity contribution is 0.0955. The molecule has 1 aromatic heterocycles. The predicted molar refractivity (Wildman–Crippen MR) is 98.4 cm³/mol. The first kappa shape index (κ1) is 16.5. The molecular weight excluding hydrogens is 314 g/mol. The van der Waals surface area contributed by atoms with E-state index < -0.39 is 0 Å². The Hall–Kier alpha value is -3.34. The molecule has 0 saturated carbocycles. The Balaban J connectivity index is 1.78. The molecular formula is C20H19N3O2. The maximum Gasteiger partial charge on any atom is 0.273 e. The quantitative estimate of drug-likeness (QED) is 0.566. The lowest BCUT2D eigenvalue weighted by Crippen LogP contribution is -2.19. The topological polar surface area (TPSA) is 66.6 Å². The van der Waals surface area contributed by atoms with Crippen molar-refractivity contribution in [2.24, 2.45) is 5.10 Å². The van der Waals surface area contributed by atoms with Gasteiger partial charge in [-0.05, 0) is 66.9 Å². The summed E-state index contributed by atoms with van der Waals surface area (Å²) < 4.78 is 1.88. The monoisotopic (exact) mass is 333 g/mol. The molecule has 2 N–H and O–H groups in total. The third-order valence-electron chi connectivity index (χ3n) is 3.92. The lowest BCUT2D eigenvalue weighted by atomic mass is 10.1. The number of nitrogens with zero attached hydrogens (tertiary/aromatic N) is 2. The Morgan fingerprint density at radius 1 is 1.08 bits per heavy atom. The number of hydrogen-bond donors (Lipinski definition) is 2. The fourth-order valence-corrected chi connectivity index (χ4v) is 2.68. The van der Waals surface area contributed by atoms with Crippen LogP contribution in [0.5, 0.6) is 5.75 Å². The average molecular weight is 333 g/mol. The molecule has 5 nitrogen and oxygen atoms in total. The molecule has 25 heavy (non-hydrogen) atoms. The van der Waals surface area contributed by atoms with E-state index in [1.807, 2.05) is 73.3 Å². The molecule has 0 radical (unpaired) electrons. The van der Waals surface area contributed by atoms with Crippen molar-refractivity contribution in [1.29, 1.82) is 0 Å². The summed E-state index contributed by atoms with van der Waals surface area (Å²) in [6.07, 6.45) is 5.34. The van der Waals surface area contributed by atoms with Crippen molar-refractivity contribution in [3.8, 4) is 11.4 Å². The highest BCUT2D eigenvalue weighted by molar-refractivity contribution is 5.98. The van der Waals surface area contributed by atoms with Gasteiger partial charge in [0, 0.05) is 12.4 Å². The fraction of sp³-hybridized carbons (Fsp3) is 0.100. The van der Waals surface area contributed by atoms with Crippen molar-refractivity contribution in [1.82, 2.24) is 9.99 Å². The molecule has 1 amide bonds. The molecule has 0 saturated heterocycles. The number of carbonyl (C=O) groups excluding carboxylic acids is 1. The number of phenols is 1. The number of hydrogen-bond acceptors (Lipinski definition) is 3. The Morgan fingerprint density at radius 2 is 1.72 bits per heavy atom. The zero-order valence-corrected chi connectivity index (χ0v) is 14.1. The second-order valence-corrected chi connectivity index (χ2v) is 5.81. The summed E-state index contributed by atoms with van der Waals surface area (Å²) in [5.74, 6) is -0.00499. The van der Waals surface area contributed by atoms with Crippen molar-refractivity contribution >= 4 is 12.1 Å². The molecule has 0 unspecified atom stereocenters. The van der Waals surface area contributed by atoms with E-state index in [4.69, 9.17) is 0 Å². The number of carbonyl (C=O) groups is 1. The van der Waals surface area contributed by atoms with Crippen LogP contribution in [0.15, 0.2) is 66.0 Å². The van der Waals surface area contributed by atoms with Crippen LogP contribution in [0.25, 0.3) is 5.69 Å². The highest BCUT2D eigenvalue weighted by Crippen LogP contribution is 2.22. The van der Waals surface area contributed by atoms with Crippen LogP contribution in [0.4, 0.5) is 0 Å². The van der Waals surface area contributed by atoms with Gasteiger partial charge < -0.3 is 9.67 Å². The van der Waals surface area contributed by atoms with Gasteiger partial charge in [-0.1, -0.05) is 12.1 Å². The summed E-state index contributed by atoms with van der Waals surface area (Å²) in [7, 11) is 0. The van der Waals surface area contributed by atoms with Gasteiger partial charge in [0.05, 0.1) is 17.5 Å². The molecule has 0 spiro atoms. The number of nitrogens with one attached hydrogen (secondary N) is 1. The van der Waals surface area contributed by atoms with Crippen LogP contribution < -0.4 is 5.43 Å². The summed E-state index contributed by atoms with van der Waals surface area (Å²) in [6, 6.07) is 14.8. The summed E-state index contributed by atoms with van der Waals surface area (Å²) in [5, 5.41) is 13.8. The summed E-state index contributed by atoms with van der Waals surface area (Å²) in [5.41, 5.74) is 6.23. The zero-order valence-electron chi connectivity index (χ0n) is 14.1. The molecule has 0 aliphatic rings. The third-order valence-corrected chi connectivity index (χ3v) is 3.92. The van der Waals surface area contributed by atoms with Crippen molar-refractivity contribution in [2.75, 3.05) is 0 Å². The van der Waals surface area contributed by atoms with Crippen molar-refractivity contribution < 1.29 is 9.90 Å². The van der Waals surface area contributed by atoms with Gasteiger partial charge in [0.1, 0.15) is 5.75 Å². The van der Waals surface area contributed by atoms with E-state index in [2.05, 4.69) is 10.5 Å². The average Bonchev–Trinajstić information content (AvgIpc) is 3.14. The number of aromatic hydroxyl groups is 1. The van der Waals surface area contributed by atoms with E-state index in [1.165, 1.54) is 0 Å². The Bertz CT molecular complexity index is 905. The minimum absolute atomic E-state index is 0.279. The SMILES string of the molecule is Cc1cc(/C=N/NC(=O)c2ccccc2-n2cccc2)cc(C)c1O. The summed E-state index contributed by atoms with van der Waals surface area (Å²) >= 11 is 0. The fourth-order valence-electron chi connectivity index (χ4n) is 2.68. The van der Waals surface area contributed by atoms with Crippen molar-refractivity contribution in [2.45, 2.75) is 13.8 Å². The maximum absolute atomic E-state index is 12.5. The number of phenolic OH excluding ortho intramolecular Hbond substituents is 1. The maximum atomic E-state index is 12.5. The van der Waals surface area contributed by atoms with Gasteiger partial charge in [-0.2, -0.15) is 5.10 Å². The highest BCUT2D eigenvalue weighted by Gasteiger charge is 2.11. The van der Waals surface area contributed by atoms with E-state index >= 15 is 0 Å². The van der Waals surface area contributed by atoms with Crippen molar-refractivity contribution in [3.63, 3.8) is 0 Å². The number of aromatic nitrogens is 1. The van der Waals surface area contributed by atoms with Gasteiger partial charge in [-0.25, -0.2) is 5.43 Å². The van der Waals surface area contributed by atoms with Crippen LogP contribution in [-0.2, 0) is 0 Å². The zero-order chi connectivity index (χ0) is 17.8. The van der Waals surface area contributed by atoms with Gasteiger partial charge in [0.15, 0.2) is 0 Å². The number of amides is 1. The molecule has 0 aliphatic carbocycles. The lowest BCUT2D eigenvalue weighted by Gasteiger charge is -2.09.